The second kappa shape index (κ2) is 8.24. The van der Waals surface area contributed by atoms with Gasteiger partial charge in [-0.1, -0.05) is 30.3 Å². The first kappa shape index (κ1) is 19.4. The molecule has 1 N–H and O–H groups in total. The normalized spacial score (nSPS) is 15.6. The van der Waals surface area contributed by atoms with Crippen molar-refractivity contribution in [1.82, 2.24) is 0 Å². The third kappa shape index (κ3) is 3.85. The van der Waals surface area contributed by atoms with Crippen LogP contribution >= 0.6 is 22.6 Å². The van der Waals surface area contributed by atoms with E-state index in [0.29, 0.717) is 22.9 Å². The second-order valence-electron chi connectivity index (χ2n) is 6.56. The summed E-state index contributed by atoms with van der Waals surface area (Å²) in [5.41, 5.74) is 3.92. The van der Waals surface area contributed by atoms with E-state index in [1.165, 1.54) is 0 Å². The van der Waals surface area contributed by atoms with Crippen LogP contribution in [-0.2, 0) is 4.79 Å². The van der Waals surface area contributed by atoms with Crippen molar-refractivity contribution in [3.63, 3.8) is 0 Å². The highest BCUT2D eigenvalue weighted by Crippen LogP contribution is 2.42. The number of anilines is 1. The molecule has 6 heteroatoms. The van der Waals surface area contributed by atoms with Gasteiger partial charge in [0.05, 0.1) is 25.6 Å². The minimum Gasteiger partial charge on any atom is -0.493 e. The lowest BCUT2D eigenvalue weighted by Crippen LogP contribution is -2.22. The molecule has 3 aromatic carbocycles. The maximum absolute atomic E-state index is 13.0. The summed E-state index contributed by atoms with van der Waals surface area (Å²) in [5, 5.41) is 2.96. The standard InChI is InChI=1S/C23H19IN2O3/c1-28-19-12-17-18(13-20(19)29-2)26-23(27)21(17)22(14-6-4-3-5-7-14)25-16-10-8-15(24)9-11-16/h3-13,21H,1-2H3,(H,26,27). The van der Waals surface area contributed by atoms with E-state index >= 15 is 0 Å². The average molecular weight is 498 g/mol. The van der Waals surface area contributed by atoms with Crippen LogP contribution in [0, 0.1) is 3.57 Å². The van der Waals surface area contributed by atoms with Crippen molar-refractivity contribution in [2.75, 3.05) is 19.5 Å². The van der Waals surface area contributed by atoms with Crippen molar-refractivity contribution in [3.8, 4) is 11.5 Å². The monoisotopic (exact) mass is 498 g/mol. The molecule has 146 valence electrons. The summed E-state index contributed by atoms with van der Waals surface area (Å²) in [6, 6.07) is 21.3. The number of hydrogen-bond donors (Lipinski definition) is 1. The minimum absolute atomic E-state index is 0.122. The number of halogens is 1. The van der Waals surface area contributed by atoms with E-state index in [2.05, 4.69) is 27.9 Å². The highest BCUT2D eigenvalue weighted by Gasteiger charge is 2.36. The third-order valence-electron chi connectivity index (χ3n) is 4.81. The van der Waals surface area contributed by atoms with Crippen molar-refractivity contribution in [3.05, 3.63) is 81.4 Å². The minimum atomic E-state index is -0.550. The number of methoxy groups -OCH3 is 2. The molecule has 3 aromatic rings. The Labute approximate surface area is 182 Å². The first-order valence-corrected chi connectivity index (χ1v) is 10.1. The second-order valence-corrected chi connectivity index (χ2v) is 7.80. The van der Waals surface area contributed by atoms with Crippen LogP contribution in [0.5, 0.6) is 11.5 Å². The quantitative estimate of drug-likeness (QED) is 0.391. The van der Waals surface area contributed by atoms with Crippen LogP contribution in [0.2, 0.25) is 0 Å². The molecule has 0 bridgehead atoms. The average Bonchev–Trinajstić information content (AvgIpc) is 3.07. The van der Waals surface area contributed by atoms with Crippen molar-refractivity contribution < 1.29 is 14.3 Å². The van der Waals surface area contributed by atoms with E-state index in [-0.39, 0.29) is 5.91 Å². The SMILES string of the molecule is COc1cc2c(cc1OC)C(C(=Nc1ccc(I)cc1)c1ccccc1)C(=O)N2. The van der Waals surface area contributed by atoms with Gasteiger partial charge in [0, 0.05) is 15.3 Å². The molecule has 1 amide bonds. The van der Waals surface area contributed by atoms with Crippen LogP contribution in [0.4, 0.5) is 11.4 Å². The Morgan fingerprint density at radius 2 is 1.62 bits per heavy atom. The van der Waals surface area contributed by atoms with E-state index in [0.717, 1.165) is 20.4 Å². The van der Waals surface area contributed by atoms with Gasteiger partial charge < -0.3 is 14.8 Å². The lowest BCUT2D eigenvalue weighted by molar-refractivity contribution is -0.115. The summed E-state index contributed by atoms with van der Waals surface area (Å²) in [5.74, 6) is 0.479. The molecule has 0 fully saturated rings. The zero-order valence-electron chi connectivity index (χ0n) is 16.0. The number of benzene rings is 3. The van der Waals surface area contributed by atoms with Gasteiger partial charge in [-0.05, 0) is 64.0 Å². The molecule has 0 radical (unpaired) electrons. The van der Waals surface area contributed by atoms with Gasteiger partial charge in [0.1, 0.15) is 5.92 Å². The summed E-state index contributed by atoms with van der Waals surface area (Å²) in [7, 11) is 3.16. The van der Waals surface area contributed by atoms with Gasteiger partial charge in [-0.3, -0.25) is 9.79 Å². The van der Waals surface area contributed by atoms with Gasteiger partial charge in [0.25, 0.3) is 0 Å². The number of nitrogens with zero attached hydrogens (tertiary/aromatic N) is 1. The highest BCUT2D eigenvalue weighted by atomic mass is 127. The van der Waals surface area contributed by atoms with Gasteiger partial charge in [0.15, 0.2) is 11.5 Å². The molecule has 0 aromatic heterocycles. The fraction of sp³-hybridized carbons (Fsp3) is 0.130. The Kier molecular flexibility index (Phi) is 5.53. The Hall–Kier alpha value is -2.87. The zero-order chi connectivity index (χ0) is 20.4. The number of ether oxygens (including phenoxy) is 2. The van der Waals surface area contributed by atoms with Crippen LogP contribution in [0.3, 0.4) is 0 Å². The molecule has 1 aliphatic heterocycles. The van der Waals surface area contributed by atoms with Crippen LogP contribution in [0.15, 0.2) is 71.7 Å². The first-order valence-electron chi connectivity index (χ1n) is 9.07. The molecule has 1 unspecified atom stereocenters. The van der Waals surface area contributed by atoms with Gasteiger partial charge in [-0.25, -0.2) is 0 Å². The molecule has 5 nitrogen and oxygen atoms in total. The molecule has 1 aliphatic rings. The van der Waals surface area contributed by atoms with Gasteiger partial charge in [0.2, 0.25) is 5.91 Å². The van der Waals surface area contributed by atoms with E-state index in [1.54, 1.807) is 20.3 Å². The fourth-order valence-electron chi connectivity index (χ4n) is 3.42. The number of fused-ring (bicyclic) bond motifs is 1. The Bertz CT molecular complexity index is 1080. The van der Waals surface area contributed by atoms with Crippen LogP contribution < -0.4 is 14.8 Å². The number of aliphatic imine (C=N–C) groups is 1. The molecule has 4 rings (SSSR count). The first-order chi connectivity index (χ1) is 14.1. The molecule has 0 spiro atoms. The van der Waals surface area contributed by atoms with Gasteiger partial charge in [-0.15, -0.1) is 0 Å². The highest BCUT2D eigenvalue weighted by molar-refractivity contribution is 14.1. The molecule has 1 heterocycles. The number of carbonyl (C=O) groups is 1. The molecule has 0 aliphatic carbocycles. The molecule has 0 saturated heterocycles. The Morgan fingerprint density at radius 3 is 2.28 bits per heavy atom. The smallest absolute Gasteiger partial charge is 0.238 e. The summed E-state index contributed by atoms with van der Waals surface area (Å²) in [6.07, 6.45) is 0. The topological polar surface area (TPSA) is 59.9 Å². The number of nitrogens with one attached hydrogen (secondary N) is 1. The summed E-state index contributed by atoms with van der Waals surface area (Å²) >= 11 is 2.26. The lowest BCUT2D eigenvalue weighted by atomic mass is 9.90. The number of hydrogen-bond acceptors (Lipinski definition) is 4. The third-order valence-corrected chi connectivity index (χ3v) is 5.53. The van der Waals surface area contributed by atoms with E-state index < -0.39 is 5.92 Å². The van der Waals surface area contributed by atoms with E-state index in [9.17, 15) is 4.79 Å². The van der Waals surface area contributed by atoms with E-state index in [4.69, 9.17) is 14.5 Å². The zero-order valence-corrected chi connectivity index (χ0v) is 18.1. The molecular weight excluding hydrogens is 479 g/mol. The largest absolute Gasteiger partial charge is 0.493 e. The van der Waals surface area contributed by atoms with Gasteiger partial charge in [-0.2, -0.15) is 0 Å². The Balaban J connectivity index is 1.88. The van der Waals surface area contributed by atoms with Crippen molar-refractivity contribution in [1.29, 1.82) is 0 Å². The Morgan fingerprint density at radius 1 is 0.966 bits per heavy atom. The fourth-order valence-corrected chi connectivity index (χ4v) is 3.78. The maximum atomic E-state index is 13.0. The molecular formula is C23H19IN2O3. The van der Waals surface area contributed by atoms with Crippen LogP contribution in [0.1, 0.15) is 17.0 Å². The van der Waals surface area contributed by atoms with Gasteiger partial charge >= 0.3 is 0 Å². The van der Waals surface area contributed by atoms with Crippen molar-refractivity contribution in [2.45, 2.75) is 5.92 Å². The maximum Gasteiger partial charge on any atom is 0.238 e. The number of rotatable bonds is 5. The molecule has 29 heavy (non-hydrogen) atoms. The van der Waals surface area contributed by atoms with Crippen molar-refractivity contribution in [2.24, 2.45) is 4.99 Å². The summed E-state index contributed by atoms with van der Waals surface area (Å²) in [6.45, 7) is 0. The summed E-state index contributed by atoms with van der Waals surface area (Å²) in [4.78, 5) is 17.9. The molecule has 0 saturated carbocycles. The predicted octanol–water partition coefficient (Wildman–Crippen LogP) is 5.17. The molecule has 1 atom stereocenters. The van der Waals surface area contributed by atoms with Crippen LogP contribution in [-0.4, -0.2) is 25.8 Å². The predicted molar refractivity (Wildman–Crippen MR) is 123 cm³/mol. The van der Waals surface area contributed by atoms with E-state index in [1.807, 2.05) is 60.7 Å². The summed E-state index contributed by atoms with van der Waals surface area (Å²) < 4.78 is 12.0. The van der Waals surface area contributed by atoms with Crippen LogP contribution in [0.25, 0.3) is 0 Å². The number of amides is 1. The number of carbonyl (C=O) groups excluding carboxylic acids is 1. The lowest BCUT2D eigenvalue weighted by Gasteiger charge is -2.15. The van der Waals surface area contributed by atoms with Crippen molar-refractivity contribution >= 4 is 45.6 Å².